The Kier molecular flexibility index (Phi) is 14.7. The minimum absolute atomic E-state index is 0.376. The van der Waals surface area contributed by atoms with Crippen LogP contribution in [-0.4, -0.2) is 47.4 Å². The molecule has 0 aliphatic heterocycles. The molecule has 0 heterocycles. The van der Waals surface area contributed by atoms with Gasteiger partial charge in [-0.1, -0.05) is 0 Å². The third-order valence-corrected chi connectivity index (χ3v) is 21.6. The zero-order valence-corrected chi connectivity index (χ0v) is 24.4. The summed E-state index contributed by atoms with van der Waals surface area (Å²) in [4.78, 5) is 11.7. The molecule has 0 fully saturated rings. The molecule has 0 aliphatic carbocycles. The van der Waals surface area contributed by atoms with Crippen molar-refractivity contribution >= 4 is 24.3 Å². The molecule has 34 heavy (non-hydrogen) atoms. The van der Waals surface area contributed by atoms with E-state index in [1.807, 2.05) is 37.3 Å². The number of carbonyl (C=O) groups excluding carboxylic acids is 1. The second-order valence-electron chi connectivity index (χ2n) is 9.19. The van der Waals surface area contributed by atoms with Crippen LogP contribution in [0.3, 0.4) is 0 Å². The molecule has 0 aromatic heterocycles. The monoisotopic (exact) mass is 595 g/mol. The number of alkyl halides is 3. The van der Waals surface area contributed by atoms with Gasteiger partial charge in [-0.25, -0.2) is 0 Å². The standard InChI is InChI=1S/C14H17F3NO3.3C4H9.Sn/c1-3-20-9-21-12(11-7-5-4-6-8-11)10(2)18-13(19)14(15,16)17;3*1-3-4-2;/h4-10,12H,3H2,1-2H3,(H,18,19);3*1,3-4H2,2H3;/t10-,12-;;;;/m0..../s1. The molecule has 1 unspecified atom stereocenters. The first kappa shape index (κ1) is 31.2. The fourth-order valence-corrected chi connectivity index (χ4v) is 20.4. The van der Waals surface area contributed by atoms with Crippen molar-refractivity contribution in [3.63, 3.8) is 0 Å². The van der Waals surface area contributed by atoms with Crippen LogP contribution in [0, 0.1) is 0 Å². The number of ether oxygens (including phenoxy) is 2. The van der Waals surface area contributed by atoms with E-state index in [1.165, 1.54) is 0 Å². The van der Waals surface area contributed by atoms with Crippen molar-refractivity contribution < 1.29 is 27.4 Å². The van der Waals surface area contributed by atoms with Gasteiger partial charge in [0, 0.05) is 0 Å². The van der Waals surface area contributed by atoms with E-state index in [9.17, 15) is 18.0 Å². The summed E-state index contributed by atoms with van der Waals surface area (Å²) in [7, 11) is 0. The molecule has 0 aliphatic rings. The summed E-state index contributed by atoms with van der Waals surface area (Å²) in [5.41, 5.74) is 0.740. The molecule has 1 rings (SSSR count). The van der Waals surface area contributed by atoms with Crippen LogP contribution in [0.15, 0.2) is 30.3 Å². The molecule has 0 bridgehead atoms. The first-order valence-corrected chi connectivity index (χ1v) is 20.5. The molecule has 3 atom stereocenters. The van der Waals surface area contributed by atoms with Gasteiger partial charge >= 0.3 is 209 Å². The number of benzene rings is 1. The Bertz CT molecular complexity index is 666. The van der Waals surface area contributed by atoms with Crippen LogP contribution < -0.4 is 5.32 Å². The Hall–Kier alpha value is -0.801. The predicted molar refractivity (Wildman–Crippen MR) is 134 cm³/mol. The maximum atomic E-state index is 13.0. The van der Waals surface area contributed by atoms with E-state index in [0.29, 0.717) is 6.61 Å². The molecule has 1 amide bonds. The van der Waals surface area contributed by atoms with Gasteiger partial charge in [-0.15, -0.1) is 0 Å². The number of amides is 1. The Morgan fingerprint density at radius 2 is 1.44 bits per heavy atom. The third kappa shape index (κ3) is 10.1. The number of carbonyl (C=O) groups is 1. The van der Waals surface area contributed by atoms with E-state index in [1.54, 1.807) is 6.92 Å². The molecule has 0 saturated heterocycles. The summed E-state index contributed by atoms with van der Waals surface area (Å²) < 4.78 is 55.0. The molecule has 8 heteroatoms. The summed E-state index contributed by atoms with van der Waals surface area (Å²) in [5.74, 6) is -1.95. The van der Waals surface area contributed by atoms with Gasteiger partial charge in [0.05, 0.1) is 0 Å². The quantitative estimate of drug-likeness (QED) is 0.150. The molecule has 1 aromatic carbocycles. The fourth-order valence-electron chi connectivity index (χ4n) is 4.45. The van der Waals surface area contributed by atoms with Crippen molar-refractivity contribution in [3.8, 4) is 0 Å². The number of rotatable bonds is 17. The second kappa shape index (κ2) is 16.0. The third-order valence-electron chi connectivity index (χ3n) is 6.37. The summed E-state index contributed by atoms with van der Waals surface area (Å²) >= 11 is -3.06. The number of hydrogen-bond donors (Lipinski definition) is 1. The summed E-state index contributed by atoms with van der Waals surface area (Å²) in [6.45, 7) is 10.6. The van der Waals surface area contributed by atoms with E-state index in [2.05, 4.69) is 26.1 Å². The van der Waals surface area contributed by atoms with Crippen LogP contribution in [0.2, 0.25) is 13.3 Å². The second-order valence-corrected chi connectivity index (χ2v) is 22.6. The van der Waals surface area contributed by atoms with Crippen molar-refractivity contribution in [1.82, 2.24) is 5.32 Å². The normalized spacial score (nSPS) is 15.1. The average molecular weight is 594 g/mol. The SMILES string of the molecule is CCC[CH2][Sn]([CH2]CCC)([CH2]CCC)[CH](OCC)O[C@H](c1ccccc1)[C@H](C)NC(=O)C(F)(F)F. The van der Waals surface area contributed by atoms with E-state index in [-0.39, 0.29) is 4.31 Å². The van der Waals surface area contributed by atoms with E-state index < -0.39 is 42.6 Å². The van der Waals surface area contributed by atoms with Gasteiger partial charge in [0.1, 0.15) is 0 Å². The predicted octanol–water partition coefficient (Wildman–Crippen LogP) is 7.56. The van der Waals surface area contributed by atoms with Crippen molar-refractivity contribution in [2.75, 3.05) is 6.61 Å². The number of nitrogens with one attached hydrogen (secondary N) is 1. The fraction of sp³-hybridized carbons (Fsp3) is 0.731. The van der Waals surface area contributed by atoms with Crippen LogP contribution in [0.5, 0.6) is 0 Å². The van der Waals surface area contributed by atoms with E-state index >= 15 is 0 Å². The molecule has 4 nitrogen and oxygen atoms in total. The van der Waals surface area contributed by atoms with Gasteiger partial charge in [0.25, 0.3) is 0 Å². The minimum atomic E-state index is -4.94. The maximum absolute atomic E-state index is 13.0. The Morgan fingerprint density at radius 1 is 0.941 bits per heavy atom. The average Bonchev–Trinajstić information content (AvgIpc) is 2.81. The zero-order valence-electron chi connectivity index (χ0n) is 21.5. The molecule has 196 valence electrons. The van der Waals surface area contributed by atoms with Crippen LogP contribution in [-0.2, 0) is 14.3 Å². The summed E-state index contributed by atoms with van der Waals surface area (Å²) in [5, 5.41) is 2.13. The van der Waals surface area contributed by atoms with E-state index in [4.69, 9.17) is 9.47 Å². The van der Waals surface area contributed by atoms with E-state index in [0.717, 1.165) is 57.4 Å². The van der Waals surface area contributed by atoms with Gasteiger partial charge in [0.2, 0.25) is 0 Å². The summed E-state index contributed by atoms with van der Waals surface area (Å²) in [6.07, 6.45) is 0.958. The van der Waals surface area contributed by atoms with Crippen molar-refractivity contribution in [1.29, 1.82) is 0 Å². The van der Waals surface area contributed by atoms with Gasteiger partial charge < -0.3 is 0 Å². The number of halogens is 3. The van der Waals surface area contributed by atoms with Gasteiger partial charge in [-0.05, 0) is 0 Å². The van der Waals surface area contributed by atoms with Gasteiger partial charge in [0.15, 0.2) is 0 Å². The zero-order chi connectivity index (χ0) is 25.6. The van der Waals surface area contributed by atoms with Gasteiger partial charge in [-0.2, -0.15) is 0 Å². The molecular formula is C26H44F3NO3Sn. The van der Waals surface area contributed by atoms with Crippen LogP contribution in [0.4, 0.5) is 13.2 Å². The van der Waals surface area contributed by atoms with Crippen molar-refractivity contribution in [3.05, 3.63) is 35.9 Å². The first-order chi connectivity index (χ1) is 16.1. The topological polar surface area (TPSA) is 47.6 Å². The Morgan fingerprint density at radius 3 is 1.85 bits per heavy atom. The van der Waals surface area contributed by atoms with Crippen molar-refractivity contribution in [2.45, 2.75) is 109 Å². The molecule has 1 aromatic rings. The number of hydrogen-bond acceptors (Lipinski definition) is 3. The summed E-state index contributed by atoms with van der Waals surface area (Å²) in [6, 6.07) is 8.33. The Labute approximate surface area is 208 Å². The van der Waals surface area contributed by atoms with Crippen LogP contribution in [0.25, 0.3) is 0 Å². The van der Waals surface area contributed by atoms with Crippen LogP contribution >= 0.6 is 0 Å². The molecular weight excluding hydrogens is 550 g/mol. The molecule has 0 saturated carbocycles. The molecule has 1 N–H and O–H groups in total. The molecule has 0 spiro atoms. The Balaban J connectivity index is 3.39. The van der Waals surface area contributed by atoms with Crippen molar-refractivity contribution in [2.24, 2.45) is 0 Å². The first-order valence-electron chi connectivity index (χ1n) is 12.8. The van der Waals surface area contributed by atoms with Gasteiger partial charge in [-0.3, -0.25) is 0 Å². The molecule has 0 radical (unpaired) electrons. The number of unbranched alkanes of at least 4 members (excludes halogenated alkanes) is 3. The van der Waals surface area contributed by atoms with Crippen LogP contribution in [0.1, 0.15) is 84.8 Å².